The van der Waals surface area contributed by atoms with Crippen molar-refractivity contribution in [2.75, 3.05) is 38.1 Å². The van der Waals surface area contributed by atoms with Crippen molar-refractivity contribution in [3.8, 4) is 0 Å². The summed E-state index contributed by atoms with van der Waals surface area (Å²) in [6.07, 6.45) is 0. The largest absolute Gasteiger partial charge is 0.365 e. The van der Waals surface area contributed by atoms with Gasteiger partial charge in [-0.3, -0.25) is 14.9 Å². The summed E-state index contributed by atoms with van der Waals surface area (Å²) in [7, 11) is 1.51. The Kier molecular flexibility index (Phi) is 3.50. The van der Waals surface area contributed by atoms with Crippen molar-refractivity contribution in [2.45, 2.75) is 0 Å². The van der Waals surface area contributed by atoms with E-state index in [0.717, 1.165) is 26.2 Å². The zero-order chi connectivity index (χ0) is 15.0. The monoisotopic (exact) mass is 290 g/mol. The van der Waals surface area contributed by atoms with Gasteiger partial charge in [-0.25, -0.2) is 0 Å². The number of hydrogen-bond donors (Lipinski definition) is 2. The number of rotatable bonds is 3. The summed E-state index contributed by atoms with van der Waals surface area (Å²) in [4.78, 5) is 24.6. The quantitative estimate of drug-likeness (QED) is 0.629. The molecule has 0 radical (unpaired) electrons. The Balaban J connectivity index is 1.91. The van der Waals surface area contributed by atoms with E-state index in [-0.39, 0.29) is 11.6 Å². The summed E-state index contributed by atoms with van der Waals surface area (Å²) >= 11 is 0. The zero-order valence-electron chi connectivity index (χ0n) is 11.8. The second kappa shape index (κ2) is 5.33. The van der Waals surface area contributed by atoms with Gasteiger partial charge in [-0.15, -0.1) is 0 Å². The summed E-state index contributed by atoms with van der Waals surface area (Å²) in [6.45, 7) is 3.62. The van der Waals surface area contributed by atoms with Crippen molar-refractivity contribution in [1.29, 1.82) is 0 Å². The Morgan fingerprint density at radius 3 is 2.62 bits per heavy atom. The molecular formula is C14H18N4O3. The number of carbonyl (C=O) groups is 1. The number of benzene rings is 1. The molecule has 1 aromatic carbocycles. The second-order valence-corrected chi connectivity index (χ2v) is 5.62. The number of carbonyl (C=O) groups excluding carboxylic acids is 1. The average Bonchev–Trinajstić information content (AvgIpc) is 3.06. The van der Waals surface area contributed by atoms with E-state index in [2.05, 4.69) is 15.5 Å². The van der Waals surface area contributed by atoms with E-state index in [1.807, 2.05) is 0 Å². The molecule has 1 amide bonds. The highest BCUT2D eigenvalue weighted by Crippen LogP contribution is 2.36. The summed E-state index contributed by atoms with van der Waals surface area (Å²) < 4.78 is 0. The first-order chi connectivity index (χ1) is 10.1. The molecule has 1 aromatic rings. The van der Waals surface area contributed by atoms with Crippen LogP contribution in [0.15, 0.2) is 18.2 Å². The number of nitro groups is 1. The van der Waals surface area contributed by atoms with Gasteiger partial charge >= 0.3 is 0 Å². The lowest BCUT2D eigenvalue weighted by Crippen LogP contribution is -2.26. The summed E-state index contributed by atoms with van der Waals surface area (Å²) in [5.74, 6) is 0.804. The van der Waals surface area contributed by atoms with Crippen molar-refractivity contribution in [2.24, 2.45) is 11.8 Å². The van der Waals surface area contributed by atoms with E-state index in [9.17, 15) is 14.9 Å². The Labute approximate surface area is 122 Å². The minimum absolute atomic E-state index is 0.00373. The molecule has 2 N–H and O–H groups in total. The fraction of sp³-hybridized carbons (Fsp3) is 0.500. The van der Waals surface area contributed by atoms with Gasteiger partial charge < -0.3 is 15.5 Å². The van der Waals surface area contributed by atoms with Gasteiger partial charge in [0, 0.05) is 44.9 Å². The molecule has 7 nitrogen and oxygen atoms in total. The van der Waals surface area contributed by atoms with Crippen molar-refractivity contribution in [3.63, 3.8) is 0 Å². The van der Waals surface area contributed by atoms with Gasteiger partial charge in [-0.1, -0.05) is 0 Å². The van der Waals surface area contributed by atoms with Gasteiger partial charge in [0.25, 0.3) is 11.6 Å². The third-order valence-corrected chi connectivity index (χ3v) is 4.39. The highest BCUT2D eigenvalue weighted by molar-refractivity contribution is 5.95. The third-order valence-electron chi connectivity index (χ3n) is 4.39. The van der Waals surface area contributed by atoms with Gasteiger partial charge in [0.2, 0.25) is 0 Å². The van der Waals surface area contributed by atoms with Crippen LogP contribution in [0.25, 0.3) is 0 Å². The molecule has 21 heavy (non-hydrogen) atoms. The molecule has 0 aliphatic carbocycles. The molecular weight excluding hydrogens is 272 g/mol. The van der Waals surface area contributed by atoms with Crippen LogP contribution in [0.2, 0.25) is 0 Å². The fourth-order valence-corrected chi connectivity index (χ4v) is 3.27. The van der Waals surface area contributed by atoms with Gasteiger partial charge in [0.05, 0.1) is 4.92 Å². The zero-order valence-corrected chi connectivity index (χ0v) is 11.8. The maximum atomic E-state index is 11.6. The van der Waals surface area contributed by atoms with Gasteiger partial charge in [0.1, 0.15) is 5.69 Å². The van der Waals surface area contributed by atoms with Gasteiger partial charge in [-0.05, 0) is 24.0 Å². The Bertz CT molecular complexity index is 578. The van der Waals surface area contributed by atoms with Crippen LogP contribution in [-0.2, 0) is 0 Å². The maximum Gasteiger partial charge on any atom is 0.293 e. The minimum atomic E-state index is -0.409. The van der Waals surface area contributed by atoms with Crippen LogP contribution in [0.1, 0.15) is 10.4 Å². The van der Waals surface area contributed by atoms with Crippen molar-refractivity contribution in [1.82, 2.24) is 10.6 Å². The number of nitrogens with one attached hydrogen (secondary N) is 2. The van der Waals surface area contributed by atoms with E-state index in [1.165, 1.54) is 13.1 Å². The molecule has 2 aliphatic heterocycles. The molecule has 3 rings (SSSR count). The molecule has 0 spiro atoms. The fourth-order valence-electron chi connectivity index (χ4n) is 3.27. The topological polar surface area (TPSA) is 87.5 Å². The molecule has 112 valence electrons. The van der Waals surface area contributed by atoms with Crippen molar-refractivity contribution in [3.05, 3.63) is 33.9 Å². The number of nitro benzene ring substituents is 1. The summed E-state index contributed by atoms with van der Waals surface area (Å²) in [6, 6.07) is 4.70. The Hall–Kier alpha value is -2.15. The van der Waals surface area contributed by atoms with E-state index < -0.39 is 4.92 Å². The molecule has 2 aliphatic rings. The van der Waals surface area contributed by atoms with Crippen LogP contribution in [0.3, 0.4) is 0 Å². The predicted octanol–water partition coefficient (Wildman–Crippen LogP) is 0.610. The average molecular weight is 290 g/mol. The van der Waals surface area contributed by atoms with Gasteiger partial charge in [-0.2, -0.15) is 0 Å². The normalized spacial score (nSPS) is 24.0. The number of fused-ring (bicyclic) bond motifs is 1. The molecule has 2 saturated heterocycles. The van der Waals surface area contributed by atoms with E-state index in [4.69, 9.17) is 0 Å². The molecule has 2 atom stereocenters. The van der Waals surface area contributed by atoms with Crippen LogP contribution in [-0.4, -0.2) is 44.1 Å². The number of amides is 1. The summed E-state index contributed by atoms with van der Waals surface area (Å²) in [5.41, 5.74) is 0.931. The molecule has 7 heteroatoms. The standard InChI is InChI=1S/C14H18N4O3/c1-15-14(19)9-2-3-12(13(4-9)18(20)21)17-7-10-5-16-6-11(10)8-17/h2-4,10-11,16H,5-8H2,1H3,(H,15,19)/t10-,11+. The second-order valence-electron chi connectivity index (χ2n) is 5.62. The first-order valence-corrected chi connectivity index (χ1v) is 7.06. The SMILES string of the molecule is CNC(=O)c1ccc(N2C[C@H]3CNC[C@H]3C2)c([N+](=O)[O-])c1. The maximum absolute atomic E-state index is 11.6. The lowest BCUT2D eigenvalue weighted by Gasteiger charge is -2.19. The number of nitrogens with zero attached hydrogens (tertiary/aromatic N) is 2. The lowest BCUT2D eigenvalue weighted by atomic mass is 10.0. The predicted molar refractivity (Wildman–Crippen MR) is 78.5 cm³/mol. The molecule has 2 heterocycles. The number of anilines is 1. The van der Waals surface area contributed by atoms with Crippen LogP contribution in [0, 0.1) is 22.0 Å². The third kappa shape index (κ3) is 2.44. The van der Waals surface area contributed by atoms with E-state index in [0.29, 0.717) is 23.1 Å². The molecule has 0 unspecified atom stereocenters. The Morgan fingerprint density at radius 2 is 2.05 bits per heavy atom. The van der Waals surface area contributed by atoms with Crippen molar-refractivity contribution >= 4 is 17.3 Å². The van der Waals surface area contributed by atoms with Crippen LogP contribution in [0.5, 0.6) is 0 Å². The molecule has 0 saturated carbocycles. The summed E-state index contributed by atoms with van der Waals surface area (Å²) in [5, 5.41) is 17.2. The smallest absolute Gasteiger partial charge is 0.293 e. The minimum Gasteiger partial charge on any atom is -0.365 e. The first-order valence-electron chi connectivity index (χ1n) is 7.06. The lowest BCUT2D eigenvalue weighted by molar-refractivity contribution is -0.384. The van der Waals surface area contributed by atoms with Gasteiger partial charge in [0.15, 0.2) is 0 Å². The number of hydrogen-bond acceptors (Lipinski definition) is 5. The molecule has 0 bridgehead atoms. The van der Waals surface area contributed by atoms with E-state index in [1.54, 1.807) is 12.1 Å². The first kappa shape index (κ1) is 13.8. The highest BCUT2D eigenvalue weighted by Gasteiger charge is 2.38. The van der Waals surface area contributed by atoms with Crippen molar-refractivity contribution < 1.29 is 9.72 Å². The highest BCUT2D eigenvalue weighted by atomic mass is 16.6. The van der Waals surface area contributed by atoms with Crippen LogP contribution >= 0.6 is 0 Å². The van der Waals surface area contributed by atoms with Crippen LogP contribution < -0.4 is 15.5 Å². The molecule has 0 aromatic heterocycles. The van der Waals surface area contributed by atoms with Crippen LogP contribution in [0.4, 0.5) is 11.4 Å². The Morgan fingerprint density at radius 1 is 1.38 bits per heavy atom. The van der Waals surface area contributed by atoms with E-state index >= 15 is 0 Å². The molecule has 2 fully saturated rings.